The summed E-state index contributed by atoms with van der Waals surface area (Å²) >= 11 is 0. The molecular formula is C18H20N4O3. The van der Waals surface area contributed by atoms with Gasteiger partial charge in [-0.15, -0.1) is 0 Å². The molecule has 7 heteroatoms. The van der Waals surface area contributed by atoms with Gasteiger partial charge in [0.15, 0.2) is 0 Å². The van der Waals surface area contributed by atoms with Gasteiger partial charge in [-0.25, -0.2) is 4.98 Å². The van der Waals surface area contributed by atoms with E-state index in [-0.39, 0.29) is 24.3 Å². The topological polar surface area (TPSA) is 102 Å². The zero-order chi connectivity index (χ0) is 17.4. The molecule has 7 nitrogen and oxygen atoms in total. The summed E-state index contributed by atoms with van der Waals surface area (Å²) in [6, 6.07) is 3.80. The first kappa shape index (κ1) is 15.9. The van der Waals surface area contributed by atoms with Crippen LogP contribution < -0.4 is 15.2 Å². The number of H-pyrrole nitrogens is 1. The molecule has 3 heterocycles. The lowest BCUT2D eigenvalue weighted by Crippen LogP contribution is -2.36. The monoisotopic (exact) mass is 340 g/mol. The van der Waals surface area contributed by atoms with Crippen LogP contribution in [0, 0.1) is 16.7 Å². The lowest BCUT2D eigenvalue weighted by atomic mass is 9.92. The maximum absolute atomic E-state index is 12.3. The van der Waals surface area contributed by atoms with Crippen LogP contribution in [0.15, 0.2) is 17.1 Å². The molecule has 1 saturated carbocycles. The van der Waals surface area contributed by atoms with Crippen molar-refractivity contribution >= 4 is 16.6 Å². The van der Waals surface area contributed by atoms with E-state index in [9.17, 15) is 10.1 Å². The number of fused-ring (bicyclic) bond motifs is 1. The molecule has 0 radical (unpaired) electrons. The molecule has 2 fully saturated rings. The number of hydrogen-bond donors (Lipinski definition) is 2. The van der Waals surface area contributed by atoms with Gasteiger partial charge >= 0.3 is 0 Å². The Bertz CT molecular complexity index is 901. The number of aliphatic hydroxyl groups is 1. The summed E-state index contributed by atoms with van der Waals surface area (Å²) in [6.45, 7) is 1.75. The van der Waals surface area contributed by atoms with Gasteiger partial charge in [-0.3, -0.25) is 4.79 Å². The molecule has 1 aliphatic heterocycles. The van der Waals surface area contributed by atoms with Crippen molar-refractivity contribution in [2.45, 2.75) is 25.7 Å². The number of nitriles is 1. The smallest absolute Gasteiger partial charge is 0.268 e. The van der Waals surface area contributed by atoms with Crippen molar-refractivity contribution < 1.29 is 9.84 Å². The summed E-state index contributed by atoms with van der Waals surface area (Å²) in [5.74, 6) is 0.370. The third-order valence-corrected chi connectivity index (χ3v) is 5.40. The molecule has 25 heavy (non-hydrogen) atoms. The van der Waals surface area contributed by atoms with E-state index >= 15 is 0 Å². The number of aromatic nitrogens is 2. The Morgan fingerprint density at radius 3 is 2.76 bits per heavy atom. The van der Waals surface area contributed by atoms with Gasteiger partial charge in [0, 0.05) is 24.5 Å². The predicted molar refractivity (Wildman–Crippen MR) is 92.8 cm³/mol. The first-order valence-electron chi connectivity index (χ1n) is 8.60. The van der Waals surface area contributed by atoms with Gasteiger partial charge in [-0.1, -0.05) is 0 Å². The number of piperidine rings is 1. The van der Waals surface area contributed by atoms with Gasteiger partial charge in [-0.2, -0.15) is 5.26 Å². The molecule has 4 rings (SSSR count). The Hall–Kier alpha value is -2.59. The molecule has 1 aliphatic carbocycles. The number of hydrogen-bond acceptors (Lipinski definition) is 6. The highest BCUT2D eigenvalue weighted by molar-refractivity contribution is 5.94. The maximum atomic E-state index is 12.3. The summed E-state index contributed by atoms with van der Waals surface area (Å²) in [5.41, 5.74) is 1.52. The summed E-state index contributed by atoms with van der Waals surface area (Å²) in [7, 11) is 0. The van der Waals surface area contributed by atoms with E-state index in [0.717, 1.165) is 31.3 Å². The highest BCUT2D eigenvalue weighted by atomic mass is 16.5. The van der Waals surface area contributed by atoms with Crippen molar-refractivity contribution in [2.75, 3.05) is 31.2 Å². The molecule has 130 valence electrons. The number of aromatic amines is 1. The Morgan fingerprint density at radius 1 is 1.36 bits per heavy atom. The fourth-order valence-corrected chi connectivity index (χ4v) is 3.70. The number of anilines is 1. The standard InChI is InChI=1S/C18H20N4O3/c19-10-13-16(22-5-3-18(1-2-18)4-6-22)12-9-15(25-8-7-23)20-11-14(12)21-17(13)24/h9,11,23H,1-8H2,(H,21,24). The van der Waals surface area contributed by atoms with E-state index in [0.29, 0.717) is 22.5 Å². The summed E-state index contributed by atoms with van der Waals surface area (Å²) in [6.07, 6.45) is 6.34. The molecule has 0 atom stereocenters. The van der Waals surface area contributed by atoms with Gasteiger partial charge in [-0.05, 0) is 31.1 Å². The van der Waals surface area contributed by atoms with Crippen LogP contribution in [-0.4, -0.2) is 41.4 Å². The van der Waals surface area contributed by atoms with Crippen LogP contribution in [0.1, 0.15) is 31.2 Å². The van der Waals surface area contributed by atoms with Gasteiger partial charge in [0.2, 0.25) is 5.88 Å². The van der Waals surface area contributed by atoms with Crippen LogP contribution in [0.4, 0.5) is 5.69 Å². The molecule has 0 amide bonds. The van der Waals surface area contributed by atoms with Gasteiger partial charge in [0.1, 0.15) is 18.2 Å². The summed E-state index contributed by atoms with van der Waals surface area (Å²) in [5, 5.41) is 19.2. The van der Waals surface area contributed by atoms with E-state index in [2.05, 4.69) is 20.9 Å². The number of ether oxygens (including phenoxy) is 1. The molecule has 0 aromatic carbocycles. The fraction of sp³-hybridized carbons (Fsp3) is 0.500. The van der Waals surface area contributed by atoms with E-state index in [1.807, 2.05) is 0 Å². The number of rotatable bonds is 4. The molecule has 2 aliphatic rings. The van der Waals surface area contributed by atoms with E-state index in [4.69, 9.17) is 9.84 Å². The third-order valence-electron chi connectivity index (χ3n) is 5.40. The summed E-state index contributed by atoms with van der Waals surface area (Å²) < 4.78 is 5.40. The zero-order valence-corrected chi connectivity index (χ0v) is 13.9. The Labute approximate surface area is 144 Å². The van der Waals surface area contributed by atoms with Gasteiger partial charge in [0.25, 0.3) is 5.56 Å². The molecule has 0 bridgehead atoms. The molecular weight excluding hydrogens is 320 g/mol. The van der Waals surface area contributed by atoms with E-state index in [1.54, 1.807) is 12.3 Å². The summed E-state index contributed by atoms with van der Waals surface area (Å²) in [4.78, 5) is 21.4. The highest BCUT2D eigenvalue weighted by Gasteiger charge is 2.44. The predicted octanol–water partition coefficient (Wildman–Crippen LogP) is 1.55. The van der Waals surface area contributed by atoms with Crippen LogP contribution in [0.3, 0.4) is 0 Å². The van der Waals surface area contributed by atoms with E-state index < -0.39 is 0 Å². The second kappa shape index (κ2) is 6.05. The van der Waals surface area contributed by atoms with Crippen molar-refractivity contribution in [3.05, 3.63) is 28.2 Å². The quantitative estimate of drug-likeness (QED) is 0.875. The normalized spacial score (nSPS) is 18.3. The maximum Gasteiger partial charge on any atom is 0.268 e. The van der Waals surface area contributed by atoms with Crippen molar-refractivity contribution in [1.29, 1.82) is 5.26 Å². The fourth-order valence-electron chi connectivity index (χ4n) is 3.70. The second-order valence-electron chi connectivity index (χ2n) is 6.92. The first-order valence-corrected chi connectivity index (χ1v) is 8.60. The minimum Gasteiger partial charge on any atom is -0.475 e. The largest absolute Gasteiger partial charge is 0.475 e. The number of pyridine rings is 2. The Morgan fingerprint density at radius 2 is 2.12 bits per heavy atom. The zero-order valence-electron chi connectivity index (χ0n) is 13.9. The second-order valence-corrected chi connectivity index (χ2v) is 6.92. The molecule has 2 aromatic heterocycles. The number of nitrogens with one attached hydrogen (secondary N) is 1. The van der Waals surface area contributed by atoms with Crippen LogP contribution >= 0.6 is 0 Å². The van der Waals surface area contributed by atoms with Crippen molar-refractivity contribution in [1.82, 2.24) is 9.97 Å². The SMILES string of the molecule is N#Cc1c(N2CCC3(CC2)CC3)c2cc(OCCO)ncc2[nH]c1=O. The highest BCUT2D eigenvalue weighted by Crippen LogP contribution is 2.54. The molecule has 2 N–H and O–H groups in total. The Kier molecular flexibility index (Phi) is 3.85. The molecule has 2 aromatic rings. The van der Waals surface area contributed by atoms with E-state index in [1.165, 1.54) is 12.8 Å². The third kappa shape index (κ3) is 2.83. The number of nitrogens with zero attached hydrogens (tertiary/aromatic N) is 3. The minimum absolute atomic E-state index is 0.101. The van der Waals surface area contributed by atoms with Crippen LogP contribution in [0.25, 0.3) is 10.9 Å². The van der Waals surface area contributed by atoms with Crippen molar-refractivity contribution in [3.8, 4) is 11.9 Å². The van der Waals surface area contributed by atoms with Crippen molar-refractivity contribution in [2.24, 2.45) is 5.41 Å². The average molecular weight is 340 g/mol. The molecule has 1 spiro atoms. The van der Waals surface area contributed by atoms with Crippen LogP contribution in [0.2, 0.25) is 0 Å². The Balaban J connectivity index is 1.80. The van der Waals surface area contributed by atoms with Crippen LogP contribution in [0.5, 0.6) is 5.88 Å². The lowest BCUT2D eigenvalue weighted by Gasteiger charge is -2.34. The molecule has 0 unspecified atom stereocenters. The molecule has 1 saturated heterocycles. The van der Waals surface area contributed by atoms with Crippen LogP contribution in [-0.2, 0) is 0 Å². The number of aliphatic hydroxyl groups excluding tert-OH is 1. The van der Waals surface area contributed by atoms with Crippen molar-refractivity contribution in [3.63, 3.8) is 0 Å². The van der Waals surface area contributed by atoms with Gasteiger partial charge < -0.3 is 19.7 Å². The van der Waals surface area contributed by atoms with Gasteiger partial charge in [0.05, 0.1) is 24.0 Å². The minimum atomic E-state index is -0.387. The first-order chi connectivity index (χ1) is 12.2. The average Bonchev–Trinajstić information content (AvgIpc) is 3.39. The lowest BCUT2D eigenvalue weighted by molar-refractivity contribution is 0.197.